The molecule has 0 saturated carbocycles. The number of likely N-dealkylation sites (tertiary alicyclic amines) is 1. The Morgan fingerprint density at radius 1 is 1.39 bits per heavy atom. The van der Waals surface area contributed by atoms with Crippen molar-refractivity contribution in [2.24, 2.45) is 34.4 Å². The van der Waals surface area contributed by atoms with Crippen molar-refractivity contribution < 1.29 is 4.79 Å². The molecule has 1 saturated heterocycles. The summed E-state index contributed by atoms with van der Waals surface area (Å²) in [7, 11) is 0. The molecule has 0 aromatic rings. The van der Waals surface area contributed by atoms with Crippen molar-refractivity contribution in [2.75, 3.05) is 13.1 Å². The van der Waals surface area contributed by atoms with E-state index >= 15 is 0 Å². The van der Waals surface area contributed by atoms with Crippen molar-refractivity contribution in [2.45, 2.75) is 65.3 Å². The van der Waals surface area contributed by atoms with Crippen LogP contribution in [0.15, 0.2) is 52.8 Å². The van der Waals surface area contributed by atoms with Crippen LogP contribution in [0.3, 0.4) is 0 Å². The number of nitrogens with zero attached hydrogens (tertiary/aromatic N) is 3. The molecule has 3 rings (SSSR count). The first-order chi connectivity index (χ1) is 16.0. The summed E-state index contributed by atoms with van der Waals surface area (Å²) < 4.78 is 0. The van der Waals surface area contributed by atoms with E-state index < -0.39 is 0 Å². The van der Waals surface area contributed by atoms with Crippen LogP contribution in [0.1, 0.15) is 59.3 Å². The van der Waals surface area contributed by atoms with Gasteiger partial charge in [-0.3, -0.25) is 9.79 Å². The van der Waals surface area contributed by atoms with E-state index in [0.717, 1.165) is 68.7 Å². The van der Waals surface area contributed by atoms with Gasteiger partial charge >= 0.3 is 0 Å². The van der Waals surface area contributed by atoms with E-state index in [1.165, 1.54) is 0 Å². The molecular weight excluding hydrogens is 410 g/mol. The Hall–Kier alpha value is -2.81. The van der Waals surface area contributed by atoms with Gasteiger partial charge in [-0.15, -0.1) is 0 Å². The summed E-state index contributed by atoms with van der Waals surface area (Å²) in [5.74, 6) is 2.56. The standard InChI is InChI=1S/C27H39N5O/c1-4-8-24-25(18-29)31-26(30-24)23-17-22(11-10-19(23)3)27(33)32-15-12-21(13-16-32)20(5-2)9-6-7-14-28/h6-7,10-11,17-21,23-24H,4-5,8-9,12-13,15-16,29H2,1-3H3,(H,30,31)/b7-6+,25-18+. The normalized spacial score (nSPS) is 27.9. The predicted molar refractivity (Wildman–Crippen MR) is 134 cm³/mol. The number of piperidine rings is 1. The summed E-state index contributed by atoms with van der Waals surface area (Å²) >= 11 is 0. The van der Waals surface area contributed by atoms with E-state index in [-0.39, 0.29) is 23.8 Å². The topological polar surface area (TPSA) is 94.5 Å². The van der Waals surface area contributed by atoms with Gasteiger partial charge in [-0.25, -0.2) is 0 Å². The molecule has 0 aromatic heterocycles. The molecule has 6 nitrogen and oxygen atoms in total. The maximum atomic E-state index is 13.3. The van der Waals surface area contributed by atoms with Crippen molar-refractivity contribution >= 4 is 11.7 Å². The van der Waals surface area contributed by atoms with Crippen LogP contribution >= 0.6 is 0 Å². The summed E-state index contributed by atoms with van der Waals surface area (Å²) in [6, 6.07) is 2.17. The molecule has 33 heavy (non-hydrogen) atoms. The number of amides is 1. The lowest BCUT2D eigenvalue weighted by molar-refractivity contribution is -0.128. The molecule has 3 N–H and O–H groups in total. The predicted octanol–water partition coefficient (Wildman–Crippen LogP) is 4.44. The number of hydrogen-bond donors (Lipinski definition) is 2. The van der Waals surface area contributed by atoms with Crippen LogP contribution in [0, 0.1) is 35.0 Å². The Balaban J connectivity index is 1.64. The fourth-order valence-corrected chi connectivity index (χ4v) is 5.31. The third-order valence-corrected chi connectivity index (χ3v) is 7.38. The van der Waals surface area contributed by atoms with Crippen LogP contribution < -0.4 is 11.1 Å². The number of carbonyl (C=O) groups excluding carboxylic acids is 1. The van der Waals surface area contributed by atoms with Gasteiger partial charge in [0.25, 0.3) is 5.91 Å². The van der Waals surface area contributed by atoms with Crippen molar-refractivity contribution in [3.05, 3.63) is 47.9 Å². The second-order valence-electron chi connectivity index (χ2n) is 9.50. The fourth-order valence-electron chi connectivity index (χ4n) is 5.31. The number of nitrogens with two attached hydrogens (primary N) is 1. The molecule has 6 heteroatoms. The maximum absolute atomic E-state index is 13.3. The second kappa shape index (κ2) is 11.9. The molecule has 1 fully saturated rings. The molecule has 0 radical (unpaired) electrons. The zero-order valence-corrected chi connectivity index (χ0v) is 20.3. The van der Waals surface area contributed by atoms with Crippen molar-refractivity contribution in [1.29, 1.82) is 5.26 Å². The minimum Gasteiger partial charge on any atom is -0.403 e. The summed E-state index contributed by atoms with van der Waals surface area (Å²) in [6.45, 7) is 8.13. The van der Waals surface area contributed by atoms with Crippen LogP contribution in [-0.2, 0) is 4.79 Å². The first kappa shape index (κ1) is 24.8. The minimum absolute atomic E-state index is 0.0553. The Kier molecular flexibility index (Phi) is 8.94. The lowest BCUT2D eigenvalue weighted by atomic mass is 9.80. The smallest absolute Gasteiger partial charge is 0.253 e. The number of nitrogens with one attached hydrogen (secondary N) is 1. The largest absolute Gasteiger partial charge is 0.403 e. The number of amidine groups is 1. The van der Waals surface area contributed by atoms with Gasteiger partial charge in [0, 0.05) is 36.9 Å². The molecule has 2 heterocycles. The van der Waals surface area contributed by atoms with Crippen LogP contribution in [0.5, 0.6) is 0 Å². The lowest BCUT2D eigenvalue weighted by Crippen LogP contribution is -2.41. The molecule has 2 aliphatic heterocycles. The zero-order valence-electron chi connectivity index (χ0n) is 20.3. The third kappa shape index (κ3) is 5.96. The third-order valence-electron chi connectivity index (χ3n) is 7.38. The number of nitriles is 1. The molecule has 0 aromatic carbocycles. The minimum atomic E-state index is 0.0553. The van der Waals surface area contributed by atoms with Gasteiger partial charge in [0.1, 0.15) is 5.84 Å². The molecule has 1 aliphatic carbocycles. The van der Waals surface area contributed by atoms with Gasteiger partial charge < -0.3 is 16.0 Å². The quantitative estimate of drug-likeness (QED) is 0.536. The van der Waals surface area contributed by atoms with Gasteiger partial charge in [-0.1, -0.05) is 57.9 Å². The van der Waals surface area contributed by atoms with E-state index in [2.05, 4.69) is 44.3 Å². The van der Waals surface area contributed by atoms with E-state index in [1.807, 2.05) is 17.1 Å². The van der Waals surface area contributed by atoms with Crippen LogP contribution in [-0.4, -0.2) is 35.8 Å². The molecule has 4 atom stereocenters. The summed E-state index contributed by atoms with van der Waals surface area (Å²) in [5, 5.41) is 12.2. The lowest BCUT2D eigenvalue weighted by Gasteiger charge is -2.36. The highest BCUT2D eigenvalue weighted by Gasteiger charge is 2.33. The highest BCUT2D eigenvalue weighted by atomic mass is 16.2. The number of aliphatic imine (C=N–C) groups is 1. The molecule has 0 spiro atoms. The van der Waals surface area contributed by atoms with Gasteiger partial charge in [-0.2, -0.15) is 5.26 Å². The zero-order chi connectivity index (χ0) is 23.8. The second-order valence-corrected chi connectivity index (χ2v) is 9.50. The van der Waals surface area contributed by atoms with Crippen molar-refractivity contribution in [3.63, 3.8) is 0 Å². The van der Waals surface area contributed by atoms with Crippen LogP contribution in [0.2, 0.25) is 0 Å². The van der Waals surface area contributed by atoms with E-state index in [1.54, 1.807) is 12.3 Å². The molecule has 3 aliphatic rings. The highest BCUT2D eigenvalue weighted by molar-refractivity contribution is 5.99. The fraction of sp³-hybridized carbons (Fsp3) is 0.593. The van der Waals surface area contributed by atoms with Crippen molar-refractivity contribution in [1.82, 2.24) is 10.2 Å². The Morgan fingerprint density at radius 3 is 2.79 bits per heavy atom. The number of hydrogen-bond acceptors (Lipinski definition) is 5. The average molecular weight is 450 g/mol. The van der Waals surface area contributed by atoms with Crippen LogP contribution in [0.4, 0.5) is 0 Å². The Labute approximate surface area is 199 Å². The number of rotatable bonds is 8. The number of carbonyl (C=O) groups is 1. The monoisotopic (exact) mass is 449 g/mol. The molecule has 0 bridgehead atoms. The summed E-state index contributed by atoms with van der Waals surface area (Å²) in [4.78, 5) is 20.2. The van der Waals surface area contributed by atoms with E-state index in [0.29, 0.717) is 11.8 Å². The SMILES string of the molecule is CCCC1N=C(C2C=C(C(=O)N3CCC(C(CC)C/C=C/C#N)CC3)C=CC2C)N/C1=C/N. The first-order valence-corrected chi connectivity index (χ1v) is 12.5. The molecule has 178 valence electrons. The summed E-state index contributed by atoms with van der Waals surface area (Å²) in [5.41, 5.74) is 7.56. The van der Waals surface area contributed by atoms with E-state index in [9.17, 15) is 4.79 Å². The average Bonchev–Trinajstić information content (AvgIpc) is 3.25. The Bertz CT molecular complexity index is 883. The number of allylic oxidation sites excluding steroid dienone is 3. The maximum Gasteiger partial charge on any atom is 0.253 e. The van der Waals surface area contributed by atoms with Gasteiger partial charge in [0.15, 0.2) is 0 Å². The Morgan fingerprint density at radius 2 is 2.15 bits per heavy atom. The molecule has 4 unspecified atom stereocenters. The van der Waals surface area contributed by atoms with Gasteiger partial charge in [0.05, 0.1) is 17.8 Å². The van der Waals surface area contributed by atoms with Crippen LogP contribution in [0.25, 0.3) is 0 Å². The summed E-state index contributed by atoms with van der Waals surface area (Å²) in [6.07, 6.45) is 17.5. The van der Waals surface area contributed by atoms with Gasteiger partial charge in [-0.05, 0) is 43.4 Å². The molecule has 1 amide bonds. The van der Waals surface area contributed by atoms with Gasteiger partial charge in [0.2, 0.25) is 0 Å². The van der Waals surface area contributed by atoms with E-state index in [4.69, 9.17) is 16.0 Å². The first-order valence-electron chi connectivity index (χ1n) is 12.5. The van der Waals surface area contributed by atoms with Crippen molar-refractivity contribution in [3.8, 4) is 6.07 Å². The highest BCUT2D eigenvalue weighted by Crippen LogP contribution is 2.32. The molecular formula is C27H39N5O.